The molecule has 1 unspecified atom stereocenters. The SMILES string of the molecule is Cc1cc(N2CC(CO)OC(C)(C)C2)c(CO)cn1. The molecule has 0 aromatic carbocycles. The van der Waals surface area contributed by atoms with Crippen molar-refractivity contribution < 1.29 is 14.9 Å². The molecule has 1 fully saturated rings. The first-order valence-corrected chi connectivity index (χ1v) is 6.55. The average Bonchev–Trinajstić information content (AvgIpc) is 2.36. The number of aryl methyl sites for hydroxylation is 1. The molecule has 106 valence electrons. The zero-order valence-electron chi connectivity index (χ0n) is 11.8. The van der Waals surface area contributed by atoms with Crippen molar-refractivity contribution in [2.45, 2.75) is 39.1 Å². The Hall–Kier alpha value is -1.17. The molecule has 0 amide bonds. The molecule has 2 heterocycles. The van der Waals surface area contributed by atoms with Gasteiger partial charge in [-0.15, -0.1) is 0 Å². The minimum Gasteiger partial charge on any atom is -0.394 e. The molecule has 5 nitrogen and oxygen atoms in total. The number of aromatic nitrogens is 1. The van der Waals surface area contributed by atoms with E-state index < -0.39 is 0 Å². The third-order valence-electron chi connectivity index (χ3n) is 3.29. The smallest absolute Gasteiger partial charge is 0.0988 e. The van der Waals surface area contributed by atoms with Crippen LogP contribution < -0.4 is 4.90 Å². The highest BCUT2D eigenvalue weighted by Gasteiger charge is 2.33. The Kier molecular flexibility index (Phi) is 4.08. The van der Waals surface area contributed by atoms with Gasteiger partial charge in [-0.3, -0.25) is 4.98 Å². The van der Waals surface area contributed by atoms with E-state index in [-0.39, 0.29) is 24.9 Å². The zero-order valence-corrected chi connectivity index (χ0v) is 11.8. The Morgan fingerprint density at radius 3 is 2.84 bits per heavy atom. The van der Waals surface area contributed by atoms with Gasteiger partial charge in [0.2, 0.25) is 0 Å². The van der Waals surface area contributed by atoms with Crippen molar-refractivity contribution in [1.82, 2.24) is 4.98 Å². The highest BCUT2D eigenvalue weighted by Crippen LogP contribution is 2.28. The van der Waals surface area contributed by atoms with Crippen LogP contribution in [-0.2, 0) is 11.3 Å². The lowest BCUT2D eigenvalue weighted by atomic mass is 10.0. The van der Waals surface area contributed by atoms with Crippen LogP contribution in [0.25, 0.3) is 0 Å². The number of nitrogens with zero attached hydrogens (tertiary/aromatic N) is 2. The lowest BCUT2D eigenvalue weighted by molar-refractivity contribution is -0.101. The first-order chi connectivity index (χ1) is 8.95. The van der Waals surface area contributed by atoms with E-state index in [0.717, 1.165) is 23.5 Å². The molecule has 0 saturated carbocycles. The molecule has 1 aliphatic rings. The summed E-state index contributed by atoms with van der Waals surface area (Å²) in [4.78, 5) is 6.37. The van der Waals surface area contributed by atoms with E-state index in [1.165, 1.54) is 0 Å². The van der Waals surface area contributed by atoms with Crippen LogP contribution in [0.4, 0.5) is 5.69 Å². The Labute approximate surface area is 113 Å². The van der Waals surface area contributed by atoms with Gasteiger partial charge in [-0.05, 0) is 26.8 Å². The first-order valence-electron chi connectivity index (χ1n) is 6.55. The number of aliphatic hydroxyl groups is 2. The monoisotopic (exact) mass is 266 g/mol. The van der Waals surface area contributed by atoms with Gasteiger partial charge < -0.3 is 19.8 Å². The van der Waals surface area contributed by atoms with Gasteiger partial charge in [0, 0.05) is 36.2 Å². The summed E-state index contributed by atoms with van der Waals surface area (Å²) in [6.45, 7) is 7.25. The predicted octanol–water partition coefficient (Wildman–Crippen LogP) is 0.858. The molecular weight excluding hydrogens is 244 g/mol. The summed E-state index contributed by atoms with van der Waals surface area (Å²) in [7, 11) is 0. The van der Waals surface area contributed by atoms with E-state index in [1.54, 1.807) is 6.20 Å². The van der Waals surface area contributed by atoms with E-state index in [4.69, 9.17) is 4.74 Å². The molecule has 0 radical (unpaired) electrons. The van der Waals surface area contributed by atoms with E-state index in [0.29, 0.717) is 6.54 Å². The number of aliphatic hydroxyl groups excluding tert-OH is 2. The first kappa shape index (κ1) is 14.2. The Balaban J connectivity index is 2.32. The number of rotatable bonds is 3. The minimum absolute atomic E-state index is 0.00153. The third-order valence-corrected chi connectivity index (χ3v) is 3.29. The zero-order chi connectivity index (χ0) is 14.0. The molecule has 1 saturated heterocycles. The van der Waals surface area contributed by atoms with Crippen LogP contribution >= 0.6 is 0 Å². The summed E-state index contributed by atoms with van der Waals surface area (Å²) in [5.74, 6) is 0. The van der Waals surface area contributed by atoms with Crippen molar-refractivity contribution in [3.63, 3.8) is 0 Å². The number of ether oxygens (including phenoxy) is 1. The third kappa shape index (κ3) is 3.23. The van der Waals surface area contributed by atoms with Crippen molar-refractivity contribution in [3.05, 3.63) is 23.5 Å². The Bertz CT molecular complexity index is 448. The summed E-state index contributed by atoms with van der Waals surface area (Å²) in [6, 6.07) is 1.97. The van der Waals surface area contributed by atoms with Crippen LogP contribution in [0.3, 0.4) is 0 Å². The van der Waals surface area contributed by atoms with E-state index in [9.17, 15) is 10.2 Å². The van der Waals surface area contributed by atoms with Crippen LogP contribution in [0.1, 0.15) is 25.1 Å². The number of morpholine rings is 1. The topological polar surface area (TPSA) is 65.8 Å². The largest absolute Gasteiger partial charge is 0.394 e. The second kappa shape index (κ2) is 5.45. The Morgan fingerprint density at radius 2 is 2.21 bits per heavy atom. The molecule has 0 aliphatic carbocycles. The maximum absolute atomic E-state index is 9.45. The second-order valence-electron chi connectivity index (χ2n) is 5.68. The van der Waals surface area contributed by atoms with E-state index in [2.05, 4.69) is 9.88 Å². The lowest BCUT2D eigenvalue weighted by Crippen LogP contribution is -2.54. The number of hydrogen-bond acceptors (Lipinski definition) is 5. The number of anilines is 1. The molecule has 1 aromatic heterocycles. The van der Waals surface area contributed by atoms with Crippen molar-refractivity contribution in [2.24, 2.45) is 0 Å². The number of pyridine rings is 1. The molecule has 19 heavy (non-hydrogen) atoms. The van der Waals surface area contributed by atoms with Crippen molar-refractivity contribution in [3.8, 4) is 0 Å². The van der Waals surface area contributed by atoms with Gasteiger partial charge in [0.25, 0.3) is 0 Å². The summed E-state index contributed by atoms with van der Waals surface area (Å²) >= 11 is 0. The molecule has 1 aromatic rings. The predicted molar refractivity (Wildman–Crippen MR) is 73.1 cm³/mol. The molecule has 2 rings (SSSR count). The molecule has 5 heteroatoms. The minimum atomic E-state index is -0.324. The Morgan fingerprint density at radius 1 is 1.47 bits per heavy atom. The van der Waals surface area contributed by atoms with Gasteiger partial charge in [-0.25, -0.2) is 0 Å². The summed E-state index contributed by atoms with van der Waals surface area (Å²) in [5.41, 5.74) is 2.37. The van der Waals surface area contributed by atoms with Crippen LogP contribution in [0.5, 0.6) is 0 Å². The molecule has 2 N–H and O–H groups in total. The average molecular weight is 266 g/mol. The number of hydrogen-bond donors (Lipinski definition) is 2. The highest BCUT2D eigenvalue weighted by atomic mass is 16.5. The van der Waals surface area contributed by atoms with Gasteiger partial charge in [-0.2, -0.15) is 0 Å². The van der Waals surface area contributed by atoms with Crippen molar-refractivity contribution >= 4 is 5.69 Å². The van der Waals surface area contributed by atoms with Gasteiger partial charge >= 0.3 is 0 Å². The van der Waals surface area contributed by atoms with Crippen LogP contribution in [-0.4, -0.2) is 46.6 Å². The van der Waals surface area contributed by atoms with Crippen molar-refractivity contribution in [2.75, 3.05) is 24.6 Å². The maximum atomic E-state index is 9.45. The van der Waals surface area contributed by atoms with Gasteiger partial charge in [0.1, 0.15) is 0 Å². The fourth-order valence-corrected chi connectivity index (χ4v) is 2.56. The van der Waals surface area contributed by atoms with Gasteiger partial charge in [0.15, 0.2) is 0 Å². The van der Waals surface area contributed by atoms with Crippen LogP contribution in [0.2, 0.25) is 0 Å². The van der Waals surface area contributed by atoms with Crippen LogP contribution in [0.15, 0.2) is 12.3 Å². The van der Waals surface area contributed by atoms with Gasteiger partial charge in [-0.1, -0.05) is 0 Å². The fourth-order valence-electron chi connectivity index (χ4n) is 2.56. The molecule has 0 spiro atoms. The molecule has 0 bridgehead atoms. The standard InChI is InChI=1S/C14H22N2O3/c1-10-4-13(11(7-17)5-15-10)16-6-12(8-18)19-14(2,3)9-16/h4-5,12,17-18H,6-9H2,1-3H3. The fraction of sp³-hybridized carbons (Fsp3) is 0.643. The van der Waals surface area contributed by atoms with Gasteiger partial charge in [0.05, 0.1) is 24.9 Å². The molecule has 1 atom stereocenters. The summed E-state index contributed by atoms with van der Waals surface area (Å²) in [5, 5.41) is 18.8. The second-order valence-corrected chi connectivity index (χ2v) is 5.68. The van der Waals surface area contributed by atoms with E-state index >= 15 is 0 Å². The summed E-state index contributed by atoms with van der Waals surface area (Å²) in [6.07, 6.45) is 1.50. The lowest BCUT2D eigenvalue weighted by Gasteiger charge is -2.44. The van der Waals surface area contributed by atoms with Crippen LogP contribution in [0, 0.1) is 6.92 Å². The summed E-state index contributed by atoms with van der Waals surface area (Å²) < 4.78 is 5.81. The maximum Gasteiger partial charge on any atom is 0.0988 e. The molecular formula is C14H22N2O3. The van der Waals surface area contributed by atoms with E-state index in [1.807, 2.05) is 26.8 Å². The normalized spacial score (nSPS) is 22.6. The quantitative estimate of drug-likeness (QED) is 0.849. The highest BCUT2D eigenvalue weighted by molar-refractivity contribution is 5.54. The van der Waals surface area contributed by atoms with Crippen molar-refractivity contribution in [1.29, 1.82) is 0 Å². The molecule has 1 aliphatic heterocycles.